The number of ether oxygens (including phenoxy) is 3. The summed E-state index contributed by atoms with van der Waals surface area (Å²) in [5.74, 6) is -4.89. The van der Waals surface area contributed by atoms with Gasteiger partial charge in [-0.2, -0.15) is 0 Å². The van der Waals surface area contributed by atoms with Gasteiger partial charge >= 0.3 is 11.9 Å². The maximum Gasteiger partial charge on any atom is 0.336 e. The minimum Gasteiger partial charge on any atom is -0.497 e. The summed E-state index contributed by atoms with van der Waals surface area (Å²) in [6, 6.07) is 19.9. The monoisotopic (exact) mass is 739 g/mol. The lowest BCUT2D eigenvalue weighted by Gasteiger charge is -2.33. The molecule has 2 unspecified atom stereocenters. The molecule has 0 radical (unpaired) electrons. The lowest BCUT2D eigenvalue weighted by Crippen LogP contribution is -2.43. The molecule has 14 heteroatoms. The van der Waals surface area contributed by atoms with Gasteiger partial charge in [-0.15, -0.1) is 0 Å². The van der Waals surface area contributed by atoms with Crippen LogP contribution in [0.25, 0.3) is 10.8 Å². The highest BCUT2D eigenvalue weighted by Crippen LogP contribution is 2.46. The van der Waals surface area contributed by atoms with E-state index in [2.05, 4.69) is 4.99 Å². The van der Waals surface area contributed by atoms with Crippen LogP contribution in [0.1, 0.15) is 36.8 Å². The van der Waals surface area contributed by atoms with Crippen LogP contribution < -0.4 is 4.74 Å². The third-order valence-corrected chi connectivity index (χ3v) is 13.2. The Hall–Kier alpha value is -4.59. The van der Waals surface area contributed by atoms with Gasteiger partial charge in [-0.3, -0.25) is 9.79 Å². The van der Waals surface area contributed by atoms with Crippen molar-refractivity contribution in [2.45, 2.75) is 40.7 Å². The van der Waals surface area contributed by atoms with E-state index < -0.39 is 76.7 Å². The predicted octanol–water partition coefficient (Wildman–Crippen LogP) is 5.97. The smallest absolute Gasteiger partial charge is 0.336 e. The van der Waals surface area contributed by atoms with E-state index in [0.29, 0.717) is 11.3 Å². The van der Waals surface area contributed by atoms with Crippen molar-refractivity contribution in [1.82, 2.24) is 0 Å². The largest absolute Gasteiger partial charge is 0.497 e. The van der Waals surface area contributed by atoms with Crippen molar-refractivity contribution in [3.8, 4) is 5.75 Å². The van der Waals surface area contributed by atoms with Gasteiger partial charge in [-0.25, -0.2) is 26.0 Å². The molecule has 0 bridgehead atoms. The van der Waals surface area contributed by atoms with Crippen LogP contribution >= 0.6 is 11.6 Å². The Morgan fingerprint density at radius 2 is 1.60 bits per heavy atom. The highest BCUT2D eigenvalue weighted by molar-refractivity contribution is 7.97. The van der Waals surface area contributed by atoms with E-state index >= 15 is 4.39 Å². The number of hydrogen-bond acceptors (Lipinski definition) is 10. The van der Waals surface area contributed by atoms with Crippen molar-refractivity contribution in [1.29, 1.82) is 0 Å². The van der Waals surface area contributed by atoms with Gasteiger partial charge in [-0.05, 0) is 66.6 Å². The molecule has 0 amide bonds. The van der Waals surface area contributed by atoms with Crippen LogP contribution in [0.3, 0.4) is 0 Å². The molecule has 50 heavy (non-hydrogen) atoms. The number of fused-ring (bicyclic) bond motifs is 3. The van der Waals surface area contributed by atoms with E-state index in [1.165, 1.54) is 37.3 Å². The molecule has 0 aliphatic carbocycles. The molecule has 4 aromatic rings. The highest BCUT2D eigenvalue weighted by atomic mass is 35.5. The fraction of sp³-hybridized carbons (Fsp3) is 0.250. The number of allylic oxidation sites excluding steroid dienone is 1. The van der Waals surface area contributed by atoms with Crippen LogP contribution in [-0.2, 0) is 38.7 Å². The number of esters is 2. The predicted molar refractivity (Wildman–Crippen MR) is 185 cm³/mol. The zero-order valence-electron chi connectivity index (χ0n) is 27.1. The first-order valence-corrected chi connectivity index (χ1v) is 19.0. The van der Waals surface area contributed by atoms with Gasteiger partial charge in [0.1, 0.15) is 30.0 Å². The van der Waals surface area contributed by atoms with Crippen molar-refractivity contribution in [3.63, 3.8) is 0 Å². The lowest BCUT2D eigenvalue weighted by molar-refractivity contribution is -0.151. The minimum atomic E-state index is -4.61. The molecule has 2 aliphatic rings. The Kier molecular flexibility index (Phi) is 9.59. The van der Waals surface area contributed by atoms with Gasteiger partial charge in [-0.1, -0.05) is 54.1 Å². The minimum absolute atomic E-state index is 0.0681. The quantitative estimate of drug-likeness (QED) is 0.158. The second-order valence-corrected chi connectivity index (χ2v) is 16.3. The third kappa shape index (κ3) is 6.40. The van der Waals surface area contributed by atoms with Crippen molar-refractivity contribution in [2.24, 2.45) is 4.99 Å². The van der Waals surface area contributed by atoms with Gasteiger partial charge in [0, 0.05) is 22.2 Å². The number of rotatable bonds is 8. The summed E-state index contributed by atoms with van der Waals surface area (Å²) < 4.78 is 87.1. The van der Waals surface area contributed by atoms with Gasteiger partial charge in [0.05, 0.1) is 39.9 Å². The molecule has 0 saturated carbocycles. The molecule has 2 heterocycles. The highest BCUT2D eigenvalue weighted by Gasteiger charge is 2.51. The average Bonchev–Trinajstić information content (AvgIpc) is 3.14. The van der Waals surface area contributed by atoms with Crippen LogP contribution in [-0.4, -0.2) is 65.8 Å². The summed E-state index contributed by atoms with van der Waals surface area (Å²) in [6.07, 6.45) is 0. The Labute approximate surface area is 293 Å². The fourth-order valence-corrected chi connectivity index (χ4v) is 10.9. The molecular weight excluding hydrogens is 709 g/mol. The molecule has 4 aromatic carbocycles. The number of carbonyl (C=O) groups is 2. The van der Waals surface area contributed by atoms with E-state index in [-0.39, 0.29) is 34.2 Å². The first kappa shape index (κ1) is 35.2. The van der Waals surface area contributed by atoms with Gasteiger partial charge in [0.25, 0.3) is 0 Å². The molecule has 2 aliphatic heterocycles. The summed E-state index contributed by atoms with van der Waals surface area (Å²) in [5, 5.41) is -0.147. The third-order valence-electron chi connectivity index (χ3n) is 8.82. The van der Waals surface area contributed by atoms with Gasteiger partial charge < -0.3 is 14.2 Å². The lowest BCUT2D eigenvalue weighted by atomic mass is 9.83. The summed E-state index contributed by atoms with van der Waals surface area (Å²) in [6.45, 7) is 2.30. The van der Waals surface area contributed by atoms with E-state index in [1.54, 1.807) is 20.1 Å². The number of nitrogens with zero attached hydrogens (tertiary/aromatic N) is 1. The Balaban J connectivity index is 1.26. The average molecular weight is 740 g/mol. The number of benzene rings is 4. The molecule has 0 fully saturated rings. The fourth-order valence-electron chi connectivity index (χ4n) is 6.36. The standard InChI is InChI=1S/C36H31ClFNO9S2/c1-20(22-11-12-24-18-25(46-3)14-13-23(24)17-22)35(40)47-15-16-48-36(41)31-21(2)39-28-19-49(42,43)29-9-4-5-10-30(29)50(44,45)34(28)33(31)32-26(37)7-6-8-27(32)38/h4-14,17-18,20,33-34H,15-16,19H2,1-3H3/t20-,33?,34?/m0/s1. The normalized spacial score (nSPS) is 19.7. The van der Waals surface area contributed by atoms with Gasteiger partial charge in [0.15, 0.2) is 19.7 Å². The Bertz CT molecular complexity index is 2320. The zero-order chi connectivity index (χ0) is 36.0. The summed E-state index contributed by atoms with van der Waals surface area (Å²) in [7, 11) is -7.24. The number of halogens is 2. The second kappa shape index (κ2) is 13.6. The molecule has 0 N–H and O–H groups in total. The van der Waals surface area contributed by atoms with Crippen molar-refractivity contribution in [2.75, 3.05) is 26.1 Å². The van der Waals surface area contributed by atoms with Crippen LogP contribution in [0.2, 0.25) is 5.02 Å². The maximum atomic E-state index is 15.6. The van der Waals surface area contributed by atoms with Crippen LogP contribution in [0.4, 0.5) is 4.39 Å². The number of carbonyl (C=O) groups excluding carboxylic acids is 2. The summed E-state index contributed by atoms with van der Waals surface area (Å²) in [4.78, 5) is 30.1. The molecule has 6 rings (SSSR count). The van der Waals surface area contributed by atoms with Crippen molar-refractivity contribution >= 4 is 59.7 Å². The molecule has 10 nitrogen and oxygen atoms in total. The molecule has 260 valence electrons. The molecule has 0 spiro atoms. The van der Waals surface area contributed by atoms with Crippen LogP contribution in [0.15, 0.2) is 105 Å². The van der Waals surface area contributed by atoms with Crippen molar-refractivity contribution in [3.05, 3.63) is 112 Å². The number of hydrogen-bond donors (Lipinski definition) is 0. The number of aliphatic imine (C=N–C) groups is 1. The van der Waals surface area contributed by atoms with Crippen LogP contribution in [0.5, 0.6) is 5.75 Å². The topological polar surface area (TPSA) is 142 Å². The van der Waals surface area contributed by atoms with Gasteiger partial charge in [0.2, 0.25) is 0 Å². The second-order valence-electron chi connectivity index (χ2n) is 11.9. The number of methoxy groups -OCH3 is 1. The Morgan fingerprint density at radius 3 is 2.32 bits per heavy atom. The summed E-state index contributed by atoms with van der Waals surface area (Å²) in [5.41, 5.74) is -0.290. The van der Waals surface area contributed by atoms with Crippen molar-refractivity contribution < 1.29 is 45.0 Å². The number of sulfone groups is 2. The Morgan fingerprint density at radius 1 is 0.920 bits per heavy atom. The molecular formula is C36H31ClFNO9S2. The SMILES string of the molecule is COc1ccc2cc([C@H](C)C(=O)OCCOC(=O)C3=C(C)N=C4CS(=O)(=O)c5ccccc5S(=O)(=O)C4C3c3c(F)cccc3Cl)ccc2c1. The van der Waals surface area contributed by atoms with E-state index in [1.807, 2.05) is 30.3 Å². The molecule has 0 saturated heterocycles. The van der Waals surface area contributed by atoms with E-state index in [0.717, 1.165) is 22.9 Å². The summed E-state index contributed by atoms with van der Waals surface area (Å²) >= 11 is 6.46. The first-order valence-electron chi connectivity index (χ1n) is 15.4. The zero-order valence-corrected chi connectivity index (χ0v) is 29.4. The molecule has 0 aromatic heterocycles. The van der Waals surface area contributed by atoms with Crippen LogP contribution in [0, 0.1) is 5.82 Å². The van der Waals surface area contributed by atoms with E-state index in [4.69, 9.17) is 25.8 Å². The van der Waals surface area contributed by atoms with E-state index in [9.17, 15) is 26.4 Å². The first-order chi connectivity index (χ1) is 23.7. The maximum absolute atomic E-state index is 15.6. The molecule has 3 atom stereocenters.